The number of aliphatic imine (C=N–C) groups is 1. The van der Waals surface area contributed by atoms with Crippen LogP contribution in [0.25, 0.3) is 0 Å². The molecule has 2 aliphatic heterocycles. The second-order valence-corrected chi connectivity index (χ2v) is 7.93. The maximum atomic E-state index is 12.5. The van der Waals surface area contributed by atoms with Crippen LogP contribution in [0.15, 0.2) is 29.3 Å². The van der Waals surface area contributed by atoms with E-state index < -0.39 is 0 Å². The molecule has 3 rings (SSSR count). The summed E-state index contributed by atoms with van der Waals surface area (Å²) in [5.41, 5.74) is 1.19. The summed E-state index contributed by atoms with van der Waals surface area (Å²) in [4.78, 5) is 23.3. The standard InChI is InChI=1S/C22H35N5O3/c1-18-5-4-6-20(15-18)30-19(2)16-24-22(23-3)27-9-7-25(8-10-27)17-21(28)26-11-13-29-14-12-26/h4-6,15,19H,7-14,16-17H2,1-3H3,(H,23,24). The number of rotatable bonds is 6. The molecule has 0 aliphatic carbocycles. The molecule has 1 amide bonds. The number of benzene rings is 1. The summed E-state index contributed by atoms with van der Waals surface area (Å²) in [6, 6.07) is 8.09. The van der Waals surface area contributed by atoms with Crippen LogP contribution in [0.5, 0.6) is 5.75 Å². The van der Waals surface area contributed by atoms with Crippen molar-refractivity contribution in [3.63, 3.8) is 0 Å². The molecule has 8 nitrogen and oxygen atoms in total. The van der Waals surface area contributed by atoms with Crippen molar-refractivity contribution in [3.8, 4) is 5.75 Å². The summed E-state index contributed by atoms with van der Waals surface area (Å²) in [5.74, 6) is 1.98. The normalized spacial score (nSPS) is 19.5. The quantitative estimate of drug-likeness (QED) is 0.546. The Labute approximate surface area is 179 Å². The number of carbonyl (C=O) groups excluding carboxylic acids is 1. The van der Waals surface area contributed by atoms with E-state index >= 15 is 0 Å². The number of nitrogens with zero attached hydrogens (tertiary/aromatic N) is 4. The van der Waals surface area contributed by atoms with Crippen molar-refractivity contribution in [1.82, 2.24) is 20.0 Å². The molecule has 8 heteroatoms. The molecule has 1 aromatic rings. The molecular formula is C22H35N5O3. The molecular weight excluding hydrogens is 382 g/mol. The Morgan fingerprint density at radius 2 is 1.90 bits per heavy atom. The first-order chi connectivity index (χ1) is 14.5. The molecule has 166 valence electrons. The van der Waals surface area contributed by atoms with Gasteiger partial charge in [-0.1, -0.05) is 12.1 Å². The third kappa shape index (κ3) is 6.60. The number of aryl methyl sites for hydroxylation is 1. The number of nitrogens with one attached hydrogen (secondary N) is 1. The maximum absolute atomic E-state index is 12.5. The average Bonchev–Trinajstić information content (AvgIpc) is 2.76. The molecule has 2 heterocycles. The van der Waals surface area contributed by atoms with E-state index in [0.29, 0.717) is 39.4 Å². The Hall–Kier alpha value is -2.32. The van der Waals surface area contributed by atoms with Gasteiger partial charge in [-0.15, -0.1) is 0 Å². The van der Waals surface area contributed by atoms with Crippen LogP contribution in [0.4, 0.5) is 0 Å². The summed E-state index contributed by atoms with van der Waals surface area (Å²) in [6.45, 7) is 11.4. The van der Waals surface area contributed by atoms with Crippen LogP contribution in [-0.4, -0.2) is 105 Å². The van der Waals surface area contributed by atoms with E-state index in [-0.39, 0.29) is 12.0 Å². The highest BCUT2D eigenvalue weighted by atomic mass is 16.5. The zero-order chi connectivity index (χ0) is 21.3. The zero-order valence-corrected chi connectivity index (χ0v) is 18.5. The van der Waals surface area contributed by atoms with Gasteiger partial charge in [0.05, 0.1) is 26.3 Å². The zero-order valence-electron chi connectivity index (χ0n) is 18.5. The van der Waals surface area contributed by atoms with Crippen molar-refractivity contribution < 1.29 is 14.3 Å². The molecule has 30 heavy (non-hydrogen) atoms. The predicted molar refractivity (Wildman–Crippen MR) is 118 cm³/mol. The van der Waals surface area contributed by atoms with Gasteiger partial charge < -0.3 is 24.6 Å². The first-order valence-corrected chi connectivity index (χ1v) is 10.8. The molecule has 1 atom stereocenters. The Morgan fingerprint density at radius 3 is 2.57 bits per heavy atom. The van der Waals surface area contributed by atoms with Crippen molar-refractivity contribution in [2.24, 2.45) is 4.99 Å². The summed E-state index contributed by atoms with van der Waals surface area (Å²) in [7, 11) is 1.81. The SMILES string of the molecule is CN=C(NCC(C)Oc1cccc(C)c1)N1CCN(CC(=O)N2CCOCC2)CC1. The number of carbonyl (C=O) groups is 1. The van der Waals surface area contributed by atoms with Gasteiger partial charge in [0.2, 0.25) is 5.91 Å². The Balaban J connectivity index is 1.39. The van der Waals surface area contributed by atoms with Gasteiger partial charge in [0.25, 0.3) is 0 Å². The minimum atomic E-state index is 0.0241. The van der Waals surface area contributed by atoms with Crippen molar-refractivity contribution in [2.45, 2.75) is 20.0 Å². The van der Waals surface area contributed by atoms with E-state index in [0.717, 1.165) is 37.9 Å². The lowest BCUT2D eigenvalue weighted by molar-refractivity contribution is -0.136. The number of morpholine rings is 1. The summed E-state index contributed by atoms with van der Waals surface area (Å²) in [5, 5.41) is 3.42. The van der Waals surface area contributed by atoms with E-state index in [9.17, 15) is 4.79 Å². The molecule has 0 aromatic heterocycles. The van der Waals surface area contributed by atoms with Gasteiger partial charge in [-0.25, -0.2) is 0 Å². The third-order valence-corrected chi connectivity index (χ3v) is 5.48. The molecule has 2 saturated heterocycles. The highest BCUT2D eigenvalue weighted by Gasteiger charge is 2.24. The second kappa shape index (κ2) is 11.2. The lowest BCUT2D eigenvalue weighted by Crippen LogP contribution is -2.55. The number of amides is 1. The van der Waals surface area contributed by atoms with E-state index in [1.54, 1.807) is 0 Å². The first-order valence-electron chi connectivity index (χ1n) is 10.8. The highest BCUT2D eigenvalue weighted by molar-refractivity contribution is 5.80. The monoisotopic (exact) mass is 417 g/mol. The molecule has 0 saturated carbocycles. The molecule has 2 aliphatic rings. The summed E-state index contributed by atoms with van der Waals surface area (Å²) < 4.78 is 11.3. The molecule has 0 spiro atoms. The van der Waals surface area contributed by atoms with Crippen LogP contribution in [-0.2, 0) is 9.53 Å². The summed E-state index contributed by atoms with van der Waals surface area (Å²) in [6.07, 6.45) is 0.0241. The fourth-order valence-corrected chi connectivity index (χ4v) is 3.75. The van der Waals surface area contributed by atoms with Crippen molar-refractivity contribution >= 4 is 11.9 Å². The number of ether oxygens (including phenoxy) is 2. The number of hydrogen-bond acceptors (Lipinski definition) is 5. The average molecular weight is 418 g/mol. The number of guanidine groups is 1. The molecule has 1 aromatic carbocycles. The molecule has 1 N–H and O–H groups in total. The Morgan fingerprint density at radius 1 is 1.17 bits per heavy atom. The third-order valence-electron chi connectivity index (χ3n) is 5.48. The van der Waals surface area contributed by atoms with Gasteiger partial charge in [-0.3, -0.25) is 14.7 Å². The topological polar surface area (TPSA) is 69.6 Å². The van der Waals surface area contributed by atoms with Crippen LogP contribution in [0.2, 0.25) is 0 Å². The minimum absolute atomic E-state index is 0.0241. The first kappa shape index (κ1) is 22.4. The molecule has 2 fully saturated rings. The number of piperazine rings is 1. The lowest BCUT2D eigenvalue weighted by Gasteiger charge is -2.37. The largest absolute Gasteiger partial charge is 0.489 e. The van der Waals surface area contributed by atoms with Crippen molar-refractivity contribution in [3.05, 3.63) is 29.8 Å². The maximum Gasteiger partial charge on any atom is 0.236 e. The fraction of sp³-hybridized carbons (Fsp3) is 0.636. The summed E-state index contributed by atoms with van der Waals surface area (Å²) >= 11 is 0. The van der Waals surface area contributed by atoms with Crippen LogP contribution in [0.3, 0.4) is 0 Å². The van der Waals surface area contributed by atoms with Crippen LogP contribution >= 0.6 is 0 Å². The smallest absolute Gasteiger partial charge is 0.236 e. The fourth-order valence-electron chi connectivity index (χ4n) is 3.75. The van der Waals surface area contributed by atoms with Gasteiger partial charge in [-0.05, 0) is 31.5 Å². The van der Waals surface area contributed by atoms with Gasteiger partial charge in [0.1, 0.15) is 11.9 Å². The van der Waals surface area contributed by atoms with E-state index in [1.165, 1.54) is 5.56 Å². The number of hydrogen-bond donors (Lipinski definition) is 1. The van der Waals surface area contributed by atoms with Gasteiger partial charge >= 0.3 is 0 Å². The van der Waals surface area contributed by atoms with Gasteiger partial charge in [-0.2, -0.15) is 0 Å². The van der Waals surface area contributed by atoms with Crippen molar-refractivity contribution in [1.29, 1.82) is 0 Å². The Bertz CT molecular complexity index is 712. The van der Waals surface area contributed by atoms with E-state index in [2.05, 4.69) is 40.0 Å². The van der Waals surface area contributed by atoms with E-state index in [4.69, 9.17) is 9.47 Å². The Kier molecular flexibility index (Phi) is 8.33. The van der Waals surface area contributed by atoms with Gasteiger partial charge in [0, 0.05) is 46.3 Å². The minimum Gasteiger partial charge on any atom is -0.489 e. The lowest BCUT2D eigenvalue weighted by atomic mass is 10.2. The molecule has 0 bridgehead atoms. The van der Waals surface area contributed by atoms with Crippen LogP contribution in [0.1, 0.15) is 12.5 Å². The second-order valence-electron chi connectivity index (χ2n) is 7.93. The molecule has 1 unspecified atom stereocenters. The highest BCUT2D eigenvalue weighted by Crippen LogP contribution is 2.14. The van der Waals surface area contributed by atoms with Crippen LogP contribution < -0.4 is 10.1 Å². The van der Waals surface area contributed by atoms with Gasteiger partial charge in [0.15, 0.2) is 5.96 Å². The van der Waals surface area contributed by atoms with Crippen LogP contribution in [0, 0.1) is 6.92 Å². The van der Waals surface area contributed by atoms with Crippen molar-refractivity contribution in [2.75, 3.05) is 72.6 Å². The van der Waals surface area contributed by atoms with E-state index in [1.807, 2.05) is 30.1 Å². The predicted octanol–water partition coefficient (Wildman–Crippen LogP) is 0.814. The molecule has 0 radical (unpaired) electrons.